The molecule has 2 aliphatic rings. The van der Waals surface area contributed by atoms with E-state index < -0.39 is 19.1 Å². The second-order valence-electron chi connectivity index (χ2n) is 5.95. The molecule has 0 bridgehead atoms. The first-order valence-electron chi connectivity index (χ1n) is 7.76. The van der Waals surface area contributed by atoms with Crippen molar-refractivity contribution in [2.24, 2.45) is 11.8 Å². The van der Waals surface area contributed by atoms with Gasteiger partial charge in [-0.2, -0.15) is 0 Å². The Bertz CT molecular complexity index is 676. The van der Waals surface area contributed by atoms with Crippen LogP contribution < -0.4 is 0 Å². The van der Waals surface area contributed by atoms with Crippen molar-refractivity contribution in [2.75, 3.05) is 13.2 Å². The fraction of sp³-hybridized carbons (Fsp3) is 0.500. The van der Waals surface area contributed by atoms with Crippen LogP contribution in [0.15, 0.2) is 15.9 Å². The van der Waals surface area contributed by atoms with Crippen molar-refractivity contribution in [2.45, 2.75) is 25.7 Å². The number of hydrogen-bond acceptors (Lipinski definition) is 6. The molecule has 0 unspecified atom stereocenters. The summed E-state index contributed by atoms with van der Waals surface area (Å²) in [4.78, 5) is 49.8. The third-order valence-corrected chi connectivity index (χ3v) is 6.10. The third-order valence-electron chi connectivity index (χ3n) is 4.43. The predicted molar refractivity (Wildman–Crippen MR) is 89.5 cm³/mol. The highest BCUT2D eigenvalue weighted by molar-refractivity contribution is 9.11. The third kappa shape index (κ3) is 3.44. The molecule has 2 atom stereocenters. The number of carbonyl (C=O) groups excluding carboxylic acids is 4. The van der Waals surface area contributed by atoms with E-state index in [4.69, 9.17) is 4.74 Å². The zero-order valence-corrected chi connectivity index (χ0v) is 15.2. The summed E-state index contributed by atoms with van der Waals surface area (Å²) in [5.41, 5.74) is 0. The van der Waals surface area contributed by atoms with E-state index in [9.17, 15) is 19.2 Å². The second-order valence-corrected chi connectivity index (χ2v) is 8.41. The normalized spacial score (nSPS) is 23.3. The highest BCUT2D eigenvalue weighted by Crippen LogP contribution is 2.37. The first-order valence-corrected chi connectivity index (χ1v) is 9.37. The number of ether oxygens (including phenoxy) is 1. The van der Waals surface area contributed by atoms with Crippen LogP contribution in [-0.4, -0.2) is 41.6 Å². The van der Waals surface area contributed by atoms with Gasteiger partial charge in [0, 0.05) is 0 Å². The van der Waals surface area contributed by atoms with E-state index in [-0.39, 0.29) is 29.4 Å². The molecule has 1 aliphatic heterocycles. The SMILES string of the molecule is O=C(CN1C(=O)[C@H]2CCCC[C@@H]2C1=O)OCC(=O)c1ccc(Br)s1. The lowest BCUT2D eigenvalue weighted by Gasteiger charge is -2.19. The average Bonchev–Trinajstić information content (AvgIpc) is 3.11. The molecule has 0 radical (unpaired) electrons. The van der Waals surface area contributed by atoms with Gasteiger partial charge in [-0.25, -0.2) is 0 Å². The Hall–Kier alpha value is -1.54. The molecule has 24 heavy (non-hydrogen) atoms. The molecule has 128 valence electrons. The van der Waals surface area contributed by atoms with Crippen LogP contribution in [0, 0.1) is 11.8 Å². The fourth-order valence-electron chi connectivity index (χ4n) is 3.24. The molecule has 1 saturated carbocycles. The number of nitrogens with zero attached hydrogens (tertiary/aromatic N) is 1. The summed E-state index contributed by atoms with van der Waals surface area (Å²) in [6.07, 6.45) is 3.27. The number of thiophene rings is 1. The number of amides is 2. The summed E-state index contributed by atoms with van der Waals surface area (Å²) in [5.74, 6) is -2.19. The van der Waals surface area contributed by atoms with Crippen molar-refractivity contribution in [1.29, 1.82) is 0 Å². The van der Waals surface area contributed by atoms with Gasteiger partial charge in [0.2, 0.25) is 17.6 Å². The van der Waals surface area contributed by atoms with Crippen LogP contribution in [0.3, 0.4) is 0 Å². The molecule has 0 spiro atoms. The van der Waals surface area contributed by atoms with Gasteiger partial charge in [0.1, 0.15) is 6.54 Å². The quantitative estimate of drug-likeness (QED) is 0.420. The van der Waals surface area contributed by atoms with Crippen molar-refractivity contribution in [3.05, 3.63) is 20.8 Å². The summed E-state index contributed by atoms with van der Waals surface area (Å²) in [6, 6.07) is 3.38. The lowest BCUT2D eigenvalue weighted by molar-refractivity contribution is -0.152. The minimum Gasteiger partial charge on any atom is -0.456 e. The van der Waals surface area contributed by atoms with Crippen LogP contribution in [0.4, 0.5) is 0 Å². The lowest BCUT2D eigenvalue weighted by Crippen LogP contribution is -2.37. The van der Waals surface area contributed by atoms with Gasteiger partial charge in [-0.05, 0) is 40.9 Å². The molecular formula is C16H16BrNO5S. The van der Waals surface area contributed by atoms with Gasteiger partial charge in [-0.15, -0.1) is 11.3 Å². The molecule has 0 N–H and O–H groups in total. The number of halogens is 1. The number of esters is 1. The van der Waals surface area contributed by atoms with Crippen molar-refractivity contribution in [3.63, 3.8) is 0 Å². The molecule has 0 aromatic carbocycles. The molecule has 2 fully saturated rings. The molecule has 1 aliphatic carbocycles. The van der Waals surface area contributed by atoms with Crippen LogP contribution in [0.1, 0.15) is 35.4 Å². The molecular weight excluding hydrogens is 398 g/mol. The highest BCUT2D eigenvalue weighted by atomic mass is 79.9. The number of rotatable bonds is 5. The summed E-state index contributed by atoms with van der Waals surface area (Å²) in [6.45, 7) is -0.805. The Kier molecular flexibility index (Phi) is 5.15. The van der Waals surface area contributed by atoms with Gasteiger partial charge < -0.3 is 4.74 Å². The van der Waals surface area contributed by atoms with Crippen LogP contribution in [0.5, 0.6) is 0 Å². The second kappa shape index (κ2) is 7.14. The van der Waals surface area contributed by atoms with Crippen LogP contribution in [-0.2, 0) is 19.1 Å². The maximum Gasteiger partial charge on any atom is 0.326 e. The maximum atomic E-state index is 12.3. The van der Waals surface area contributed by atoms with Gasteiger partial charge in [-0.3, -0.25) is 24.1 Å². The molecule has 6 nitrogen and oxygen atoms in total. The first-order chi connectivity index (χ1) is 11.5. The topological polar surface area (TPSA) is 80.8 Å². The Morgan fingerprint density at radius 1 is 1.17 bits per heavy atom. The van der Waals surface area contributed by atoms with Crippen molar-refractivity contribution in [3.8, 4) is 0 Å². The summed E-state index contributed by atoms with van der Waals surface area (Å²) >= 11 is 4.51. The molecule has 2 heterocycles. The van der Waals surface area contributed by atoms with E-state index in [0.29, 0.717) is 17.7 Å². The Morgan fingerprint density at radius 3 is 2.33 bits per heavy atom. The fourth-order valence-corrected chi connectivity index (χ4v) is 4.55. The number of imide groups is 1. The van der Waals surface area contributed by atoms with E-state index in [1.54, 1.807) is 12.1 Å². The zero-order valence-electron chi connectivity index (χ0n) is 12.8. The van der Waals surface area contributed by atoms with E-state index in [0.717, 1.165) is 21.5 Å². The molecule has 1 saturated heterocycles. The average molecular weight is 414 g/mol. The number of hydrogen-bond donors (Lipinski definition) is 0. The monoisotopic (exact) mass is 413 g/mol. The Balaban J connectivity index is 1.54. The van der Waals surface area contributed by atoms with E-state index in [1.807, 2.05) is 0 Å². The summed E-state index contributed by atoms with van der Waals surface area (Å²) < 4.78 is 5.75. The maximum absolute atomic E-state index is 12.3. The highest BCUT2D eigenvalue weighted by Gasteiger charge is 2.48. The lowest BCUT2D eigenvalue weighted by atomic mass is 9.81. The molecule has 1 aromatic heterocycles. The largest absolute Gasteiger partial charge is 0.456 e. The molecule has 2 amide bonds. The van der Waals surface area contributed by atoms with E-state index in [2.05, 4.69) is 15.9 Å². The molecule has 3 rings (SSSR count). The van der Waals surface area contributed by atoms with E-state index >= 15 is 0 Å². The number of Topliss-reactive ketones (excluding diaryl/α,β-unsaturated/α-hetero) is 1. The molecule has 8 heteroatoms. The number of fused-ring (bicyclic) bond motifs is 1. The first kappa shape index (κ1) is 17.3. The van der Waals surface area contributed by atoms with Gasteiger partial charge in [0.15, 0.2) is 6.61 Å². The van der Waals surface area contributed by atoms with Crippen molar-refractivity contribution in [1.82, 2.24) is 4.90 Å². The van der Waals surface area contributed by atoms with Crippen LogP contribution in [0.25, 0.3) is 0 Å². The van der Waals surface area contributed by atoms with Gasteiger partial charge >= 0.3 is 5.97 Å². The molecule has 1 aromatic rings. The minimum atomic E-state index is -0.737. The van der Waals surface area contributed by atoms with Crippen molar-refractivity contribution >= 4 is 50.8 Å². The smallest absolute Gasteiger partial charge is 0.326 e. The predicted octanol–water partition coefficient (Wildman–Crippen LogP) is 2.41. The van der Waals surface area contributed by atoms with Crippen LogP contribution in [0.2, 0.25) is 0 Å². The number of carbonyl (C=O) groups is 4. The number of ketones is 1. The van der Waals surface area contributed by atoms with Gasteiger partial charge in [-0.1, -0.05) is 12.8 Å². The summed E-state index contributed by atoms with van der Waals surface area (Å²) in [5, 5.41) is 0. The van der Waals surface area contributed by atoms with Crippen LogP contribution >= 0.6 is 27.3 Å². The minimum absolute atomic E-state index is 0.282. The zero-order chi connectivity index (χ0) is 17.3. The Morgan fingerprint density at radius 2 is 1.79 bits per heavy atom. The Labute approximate surface area is 151 Å². The van der Waals surface area contributed by atoms with Gasteiger partial charge in [0.05, 0.1) is 20.5 Å². The standard InChI is InChI=1S/C16H16BrNO5S/c17-13-6-5-12(24-13)11(19)8-23-14(20)7-18-15(21)9-3-1-2-4-10(9)16(18)22/h5-6,9-10H,1-4,7-8H2/t9-,10-/m0/s1. The van der Waals surface area contributed by atoms with Crippen molar-refractivity contribution < 1.29 is 23.9 Å². The van der Waals surface area contributed by atoms with E-state index in [1.165, 1.54) is 11.3 Å². The summed E-state index contributed by atoms with van der Waals surface area (Å²) in [7, 11) is 0. The number of likely N-dealkylation sites (tertiary alicyclic amines) is 1. The van der Waals surface area contributed by atoms with Gasteiger partial charge in [0.25, 0.3) is 0 Å².